The van der Waals surface area contributed by atoms with E-state index in [1.54, 1.807) is 14.2 Å². The molecule has 0 radical (unpaired) electrons. The van der Waals surface area contributed by atoms with Crippen LogP contribution in [-0.4, -0.2) is 58.6 Å². The molecule has 0 aliphatic carbocycles. The van der Waals surface area contributed by atoms with E-state index in [1.807, 2.05) is 24.4 Å². The molecule has 0 spiro atoms. The van der Waals surface area contributed by atoms with Crippen molar-refractivity contribution >= 4 is 6.21 Å². The highest BCUT2D eigenvalue weighted by Gasteiger charge is 2.13. The first-order valence-corrected chi connectivity index (χ1v) is 14.1. The summed E-state index contributed by atoms with van der Waals surface area (Å²) in [5.74, 6) is 1.50. The molecule has 0 aliphatic rings. The summed E-state index contributed by atoms with van der Waals surface area (Å²) in [5, 5.41) is 0. The van der Waals surface area contributed by atoms with E-state index in [4.69, 9.17) is 9.47 Å². The van der Waals surface area contributed by atoms with Crippen molar-refractivity contribution < 1.29 is 30.9 Å². The van der Waals surface area contributed by atoms with Gasteiger partial charge < -0.3 is 30.9 Å². The van der Waals surface area contributed by atoms with Crippen LogP contribution in [0.4, 0.5) is 0 Å². The van der Waals surface area contributed by atoms with Gasteiger partial charge in [-0.15, -0.1) is 0 Å². The van der Waals surface area contributed by atoms with Crippen molar-refractivity contribution in [3.05, 3.63) is 23.8 Å². The number of benzene rings is 1. The van der Waals surface area contributed by atoms with Crippen LogP contribution < -0.4 is 26.5 Å². The Morgan fingerprint density at radius 1 is 0.686 bits per heavy atom. The quantitative estimate of drug-likeness (QED) is 0.114. The first-order chi connectivity index (χ1) is 16.5. The van der Waals surface area contributed by atoms with Gasteiger partial charge in [-0.25, -0.2) is 0 Å². The molecule has 1 aromatic rings. The van der Waals surface area contributed by atoms with Crippen LogP contribution in [0.5, 0.6) is 11.5 Å². The monoisotopic (exact) mass is 554 g/mol. The minimum atomic E-state index is 0. The summed E-state index contributed by atoms with van der Waals surface area (Å²) in [6.07, 6.45) is 23.0. The van der Waals surface area contributed by atoms with Crippen LogP contribution in [0.15, 0.2) is 23.2 Å². The summed E-state index contributed by atoms with van der Waals surface area (Å²) >= 11 is 0. The second kappa shape index (κ2) is 22.2. The van der Waals surface area contributed by atoms with Crippen molar-refractivity contribution in [2.24, 2.45) is 4.99 Å². The van der Waals surface area contributed by atoms with Crippen molar-refractivity contribution in [3.63, 3.8) is 0 Å². The number of ether oxygens (including phenoxy) is 2. The fraction of sp³-hybridized carbons (Fsp3) is 0.767. The van der Waals surface area contributed by atoms with Gasteiger partial charge in [0.15, 0.2) is 11.5 Å². The number of halogens is 1. The molecule has 0 N–H and O–H groups in total. The lowest BCUT2D eigenvalue weighted by molar-refractivity contribution is -0.890. The largest absolute Gasteiger partial charge is 1.00 e. The van der Waals surface area contributed by atoms with Crippen LogP contribution in [0.2, 0.25) is 0 Å². The molecule has 0 bridgehead atoms. The maximum absolute atomic E-state index is 5.36. The van der Waals surface area contributed by atoms with Gasteiger partial charge in [0.25, 0.3) is 0 Å². The summed E-state index contributed by atoms with van der Waals surface area (Å²) in [7, 11) is 8.04. The zero-order valence-electron chi connectivity index (χ0n) is 23.6. The van der Waals surface area contributed by atoms with Crippen LogP contribution in [0.1, 0.15) is 109 Å². The normalized spacial score (nSPS) is 11.6. The molecule has 0 heterocycles. The summed E-state index contributed by atoms with van der Waals surface area (Å²) < 4.78 is 11.8. The van der Waals surface area contributed by atoms with E-state index in [0.717, 1.165) is 34.5 Å². The van der Waals surface area contributed by atoms with E-state index in [-0.39, 0.29) is 17.0 Å². The zero-order chi connectivity index (χ0) is 24.9. The van der Waals surface area contributed by atoms with Crippen molar-refractivity contribution in [2.75, 3.05) is 47.9 Å². The molecule has 0 aromatic heterocycles. The first-order valence-electron chi connectivity index (χ1n) is 14.1. The Bertz CT molecular complexity index is 649. The predicted molar refractivity (Wildman–Crippen MR) is 149 cm³/mol. The van der Waals surface area contributed by atoms with E-state index in [2.05, 4.69) is 26.0 Å². The molecule has 0 saturated carbocycles. The van der Waals surface area contributed by atoms with Gasteiger partial charge in [-0.2, -0.15) is 0 Å². The van der Waals surface area contributed by atoms with Crippen LogP contribution >= 0.6 is 0 Å². The highest BCUT2D eigenvalue weighted by atomic mass is 79.9. The van der Waals surface area contributed by atoms with Crippen LogP contribution in [0.25, 0.3) is 0 Å². The minimum Gasteiger partial charge on any atom is -1.00 e. The van der Waals surface area contributed by atoms with Crippen LogP contribution in [-0.2, 0) is 0 Å². The number of rotatable bonds is 22. The molecule has 4 nitrogen and oxygen atoms in total. The fourth-order valence-corrected chi connectivity index (χ4v) is 4.54. The fourth-order valence-electron chi connectivity index (χ4n) is 4.54. The van der Waals surface area contributed by atoms with Gasteiger partial charge in [0.2, 0.25) is 0 Å². The molecule has 0 atom stereocenters. The predicted octanol–water partition coefficient (Wildman–Crippen LogP) is 5.07. The average molecular weight is 556 g/mol. The van der Waals surface area contributed by atoms with Gasteiger partial charge in [-0.3, -0.25) is 4.99 Å². The number of quaternary nitrogens is 1. The molecular weight excluding hydrogens is 500 g/mol. The third-order valence-electron chi connectivity index (χ3n) is 6.82. The first kappa shape index (κ1) is 33.9. The molecule has 204 valence electrons. The van der Waals surface area contributed by atoms with E-state index < -0.39 is 0 Å². The van der Waals surface area contributed by atoms with Gasteiger partial charge in [0.05, 0.1) is 41.4 Å². The molecule has 5 heteroatoms. The number of unbranched alkanes of at least 4 members (excludes halogenated alkanes) is 13. The third kappa shape index (κ3) is 17.9. The number of hydrogen-bond acceptors (Lipinski definition) is 3. The Hall–Kier alpha value is -1.07. The van der Waals surface area contributed by atoms with E-state index in [0.29, 0.717) is 0 Å². The maximum Gasteiger partial charge on any atom is 0.161 e. The van der Waals surface area contributed by atoms with Crippen molar-refractivity contribution in [1.82, 2.24) is 0 Å². The summed E-state index contributed by atoms with van der Waals surface area (Å²) in [6.45, 7) is 5.62. The molecule has 0 fully saturated rings. The standard InChI is InChI=1S/C30H55N2O2.BrH/c1-6-7-8-9-10-11-12-13-14-15-16-17-18-19-24-32(2,3)25-20-23-31-27-28-21-22-29(33-4)30(26-28)34-5;/h21-22,26-27H,6-20,23-25H2,1-5H3;1H/q+1;/p-1. The van der Waals surface area contributed by atoms with Gasteiger partial charge >= 0.3 is 0 Å². The highest BCUT2D eigenvalue weighted by molar-refractivity contribution is 5.80. The molecule has 1 rings (SSSR count). The second-order valence-electron chi connectivity index (χ2n) is 10.5. The van der Waals surface area contributed by atoms with E-state index in [9.17, 15) is 0 Å². The number of methoxy groups -OCH3 is 2. The molecule has 0 amide bonds. The molecule has 35 heavy (non-hydrogen) atoms. The Morgan fingerprint density at radius 3 is 1.69 bits per heavy atom. The molecule has 1 aromatic carbocycles. The van der Waals surface area contributed by atoms with Crippen LogP contribution in [0.3, 0.4) is 0 Å². The molecule has 0 aliphatic heterocycles. The SMILES string of the molecule is CCCCCCCCCCCCCCCC[N+](C)(C)CCCN=Cc1ccc(OC)c(OC)c1.[Br-]. The molecular formula is C30H55BrN2O2. The number of nitrogens with zero attached hydrogens (tertiary/aromatic N) is 2. The smallest absolute Gasteiger partial charge is 0.161 e. The third-order valence-corrected chi connectivity index (χ3v) is 6.82. The van der Waals surface area contributed by atoms with E-state index >= 15 is 0 Å². The lowest BCUT2D eigenvalue weighted by atomic mass is 10.0. The van der Waals surface area contributed by atoms with Crippen molar-refractivity contribution in [1.29, 1.82) is 0 Å². The summed E-state index contributed by atoms with van der Waals surface area (Å²) in [6, 6.07) is 5.91. The van der Waals surface area contributed by atoms with Gasteiger partial charge in [-0.1, -0.05) is 84.0 Å². The van der Waals surface area contributed by atoms with Gasteiger partial charge in [0.1, 0.15) is 0 Å². The average Bonchev–Trinajstić information content (AvgIpc) is 2.83. The van der Waals surface area contributed by atoms with Crippen LogP contribution in [0, 0.1) is 0 Å². The lowest BCUT2D eigenvalue weighted by Gasteiger charge is -2.29. The highest BCUT2D eigenvalue weighted by Crippen LogP contribution is 2.26. The lowest BCUT2D eigenvalue weighted by Crippen LogP contribution is -3.00. The summed E-state index contributed by atoms with van der Waals surface area (Å²) in [4.78, 5) is 4.62. The van der Waals surface area contributed by atoms with Gasteiger partial charge in [0, 0.05) is 19.2 Å². The van der Waals surface area contributed by atoms with E-state index in [1.165, 1.54) is 103 Å². The molecule has 0 unspecified atom stereocenters. The van der Waals surface area contributed by atoms with Crippen molar-refractivity contribution in [3.8, 4) is 11.5 Å². The Balaban J connectivity index is 0.0000116. The number of aliphatic imine (C=N–C) groups is 1. The number of hydrogen-bond donors (Lipinski definition) is 0. The summed E-state index contributed by atoms with van der Waals surface area (Å²) in [5.41, 5.74) is 1.05. The zero-order valence-corrected chi connectivity index (χ0v) is 25.2. The Morgan fingerprint density at radius 2 is 1.17 bits per heavy atom. The Labute approximate surface area is 228 Å². The van der Waals surface area contributed by atoms with Crippen molar-refractivity contribution in [2.45, 2.75) is 103 Å². The minimum absolute atomic E-state index is 0. The topological polar surface area (TPSA) is 30.8 Å². The molecule has 0 saturated heterocycles. The maximum atomic E-state index is 5.36. The Kier molecular flexibility index (Phi) is 21.5. The van der Waals surface area contributed by atoms with Gasteiger partial charge in [-0.05, 0) is 36.6 Å². The second-order valence-corrected chi connectivity index (χ2v) is 10.5.